The van der Waals surface area contributed by atoms with Gasteiger partial charge in [-0.2, -0.15) is 0 Å². The molecule has 8 heavy (non-hydrogen) atoms. The fraction of sp³-hybridized carbons (Fsp3) is 0.800. The molecule has 0 amide bonds. The second kappa shape index (κ2) is 3.57. The Labute approximate surface area is 49.0 Å². The molecule has 0 aliphatic carbocycles. The molecule has 48 valence electrons. The van der Waals surface area contributed by atoms with E-state index < -0.39 is 0 Å². The van der Waals surface area contributed by atoms with Crippen LogP contribution >= 0.6 is 0 Å². The van der Waals surface area contributed by atoms with Crippen LogP contribution in [0.5, 0.6) is 0 Å². The summed E-state index contributed by atoms with van der Waals surface area (Å²) in [4.78, 5) is 9.86. The molecule has 0 aromatic rings. The average molecular weight is 116 g/mol. The zero-order valence-corrected chi connectivity index (χ0v) is 5.00. The molecule has 0 saturated heterocycles. The Morgan fingerprint density at radius 1 is 1.62 bits per heavy atom. The fourth-order valence-electron chi connectivity index (χ4n) is 0.485. The molecule has 0 aromatic carbocycles. The Bertz CT molecular complexity index is 72.8. The zero-order valence-electron chi connectivity index (χ0n) is 5.00. The maximum atomic E-state index is 9.86. The van der Waals surface area contributed by atoms with Crippen LogP contribution in [0.15, 0.2) is 0 Å². The molecular formula is C5H12N2O. The van der Waals surface area contributed by atoms with E-state index in [2.05, 4.69) is 0 Å². The molecule has 0 radical (unpaired) electrons. The lowest BCUT2D eigenvalue weighted by atomic mass is 10.1. The lowest BCUT2D eigenvalue weighted by Crippen LogP contribution is -2.30. The van der Waals surface area contributed by atoms with Crippen molar-refractivity contribution in [3.8, 4) is 0 Å². The van der Waals surface area contributed by atoms with E-state index in [9.17, 15) is 4.79 Å². The molecule has 0 spiro atoms. The van der Waals surface area contributed by atoms with Gasteiger partial charge in [0.15, 0.2) is 0 Å². The van der Waals surface area contributed by atoms with Gasteiger partial charge in [0.1, 0.15) is 6.29 Å². The first-order valence-corrected chi connectivity index (χ1v) is 2.63. The highest BCUT2D eigenvalue weighted by molar-refractivity contribution is 5.56. The summed E-state index contributed by atoms with van der Waals surface area (Å²) < 4.78 is 0. The van der Waals surface area contributed by atoms with Crippen LogP contribution in [0.4, 0.5) is 0 Å². The second-order valence-corrected chi connectivity index (χ2v) is 2.01. The summed E-state index contributed by atoms with van der Waals surface area (Å²) in [6.45, 7) is 1.82. The van der Waals surface area contributed by atoms with Gasteiger partial charge in [0.05, 0.1) is 6.04 Å². The van der Waals surface area contributed by atoms with Crippen molar-refractivity contribution in [1.82, 2.24) is 0 Å². The van der Waals surface area contributed by atoms with Gasteiger partial charge >= 0.3 is 0 Å². The van der Waals surface area contributed by atoms with E-state index in [4.69, 9.17) is 11.5 Å². The number of carbonyl (C=O) groups is 1. The van der Waals surface area contributed by atoms with Crippen LogP contribution in [0, 0.1) is 0 Å². The number of aldehydes is 1. The highest BCUT2D eigenvalue weighted by Gasteiger charge is 2.01. The fourth-order valence-corrected chi connectivity index (χ4v) is 0.485. The quantitative estimate of drug-likeness (QED) is 0.477. The van der Waals surface area contributed by atoms with Gasteiger partial charge in [-0.05, 0) is 13.3 Å². The monoisotopic (exact) mass is 116 g/mol. The van der Waals surface area contributed by atoms with Crippen LogP contribution in [-0.2, 0) is 4.79 Å². The van der Waals surface area contributed by atoms with Crippen LogP contribution in [0.2, 0.25) is 0 Å². The Balaban J connectivity index is 3.23. The first-order chi connectivity index (χ1) is 3.66. The molecule has 2 atom stereocenters. The summed E-state index contributed by atoms with van der Waals surface area (Å²) in [5, 5.41) is 0. The van der Waals surface area contributed by atoms with E-state index in [1.807, 2.05) is 6.92 Å². The predicted octanol–water partition coefficient (Wildman–Crippen LogP) is -0.750. The molecule has 0 saturated carbocycles. The molecule has 0 heterocycles. The van der Waals surface area contributed by atoms with Crippen LogP contribution in [0.1, 0.15) is 13.3 Å². The van der Waals surface area contributed by atoms with Gasteiger partial charge in [0.2, 0.25) is 0 Å². The van der Waals surface area contributed by atoms with Crippen LogP contribution < -0.4 is 11.5 Å². The van der Waals surface area contributed by atoms with Gasteiger partial charge in [0.25, 0.3) is 0 Å². The van der Waals surface area contributed by atoms with E-state index in [1.54, 1.807) is 0 Å². The molecular weight excluding hydrogens is 104 g/mol. The average Bonchev–Trinajstić information content (AvgIpc) is 1.65. The Kier molecular flexibility index (Phi) is 3.39. The minimum Gasteiger partial charge on any atom is -0.328 e. The first kappa shape index (κ1) is 7.59. The third-order valence-corrected chi connectivity index (χ3v) is 0.819. The van der Waals surface area contributed by atoms with E-state index in [0.717, 1.165) is 0 Å². The highest BCUT2D eigenvalue weighted by atomic mass is 16.1. The summed E-state index contributed by atoms with van der Waals surface area (Å²) >= 11 is 0. The van der Waals surface area contributed by atoms with Gasteiger partial charge in [-0.15, -0.1) is 0 Å². The molecule has 0 aliphatic rings. The van der Waals surface area contributed by atoms with Crippen molar-refractivity contribution in [3.05, 3.63) is 0 Å². The Morgan fingerprint density at radius 2 is 2.12 bits per heavy atom. The third-order valence-electron chi connectivity index (χ3n) is 0.819. The summed E-state index contributed by atoms with van der Waals surface area (Å²) in [6.07, 6.45) is 1.28. The lowest BCUT2D eigenvalue weighted by molar-refractivity contribution is -0.109. The number of hydrogen-bond donors (Lipinski definition) is 2. The first-order valence-electron chi connectivity index (χ1n) is 2.63. The van der Waals surface area contributed by atoms with Crippen molar-refractivity contribution in [2.75, 3.05) is 0 Å². The van der Waals surface area contributed by atoms with Crippen molar-refractivity contribution in [2.24, 2.45) is 11.5 Å². The molecule has 2 unspecified atom stereocenters. The molecule has 0 aromatic heterocycles. The molecule has 0 bridgehead atoms. The lowest BCUT2D eigenvalue weighted by Gasteiger charge is -2.05. The Morgan fingerprint density at radius 3 is 2.25 bits per heavy atom. The van der Waals surface area contributed by atoms with Crippen molar-refractivity contribution in [3.63, 3.8) is 0 Å². The van der Waals surface area contributed by atoms with E-state index in [1.165, 1.54) is 0 Å². The molecule has 0 aliphatic heterocycles. The van der Waals surface area contributed by atoms with Crippen LogP contribution in [-0.4, -0.2) is 18.4 Å². The normalized spacial score (nSPS) is 17.4. The van der Waals surface area contributed by atoms with Crippen molar-refractivity contribution in [2.45, 2.75) is 25.4 Å². The SMILES string of the molecule is CC(N)CC(N)C=O. The van der Waals surface area contributed by atoms with Gasteiger partial charge < -0.3 is 16.3 Å². The maximum Gasteiger partial charge on any atom is 0.136 e. The van der Waals surface area contributed by atoms with Gasteiger partial charge in [-0.25, -0.2) is 0 Å². The number of hydrogen-bond acceptors (Lipinski definition) is 3. The summed E-state index contributed by atoms with van der Waals surface area (Å²) in [5.74, 6) is 0. The number of carbonyl (C=O) groups excluding carboxylic acids is 1. The molecule has 4 N–H and O–H groups in total. The van der Waals surface area contributed by atoms with Crippen LogP contribution in [0.3, 0.4) is 0 Å². The van der Waals surface area contributed by atoms with Crippen molar-refractivity contribution in [1.29, 1.82) is 0 Å². The highest BCUT2D eigenvalue weighted by Crippen LogP contribution is 1.87. The summed E-state index contributed by atoms with van der Waals surface area (Å²) in [5.41, 5.74) is 10.6. The minimum absolute atomic E-state index is 0.0233. The third kappa shape index (κ3) is 3.77. The largest absolute Gasteiger partial charge is 0.328 e. The van der Waals surface area contributed by atoms with Crippen LogP contribution in [0.25, 0.3) is 0 Å². The van der Waals surface area contributed by atoms with Gasteiger partial charge in [-0.3, -0.25) is 0 Å². The second-order valence-electron chi connectivity index (χ2n) is 2.01. The zero-order chi connectivity index (χ0) is 6.57. The summed E-state index contributed by atoms with van der Waals surface area (Å²) in [6, 6.07) is -0.356. The predicted molar refractivity (Wildman–Crippen MR) is 32.3 cm³/mol. The van der Waals surface area contributed by atoms with E-state index in [-0.39, 0.29) is 12.1 Å². The number of rotatable bonds is 3. The molecule has 3 heteroatoms. The smallest absolute Gasteiger partial charge is 0.136 e. The number of nitrogens with two attached hydrogens (primary N) is 2. The standard InChI is InChI=1S/C5H12N2O/c1-4(6)2-5(7)3-8/h3-5H,2,6-7H2,1H3. The van der Waals surface area contributed by atoms with Crippen molar-refractivity contribution < 1.29 is 4.79 Å². The topological polar surface area (TPSA) is 69.1 Å². The van der Waals surface area contributed by atoms with E-state index >= 15 is 0 Å². The summed E-state index contributed by atoms with van der Waals surface area (Å²) in [7, 11) is 0. The van der Waals surface area contributed by atoms with Gasteiger partial charge in [-0.1, -0.05) is 0 Å². The van der Waals surface area contributed by atoms with E-state index in [0.29, 0.717) is 12.7 Å². The minimum atomic E-state index is -0.380. The van der Waals surface area contributed by atoms with Gasteiger partial charge in [0, 0.05) is 6.04 Å². The van der Waals surface area contributed by atoms with Crippen molar-refractivity contribution >= 4 is 6.29 Å². The maximum absolute atomic E-state index is 9.86. The molecule has 0 fully saturated rings. The Hall–Kier alpha value is -0.410. The molecule has 3 nitrogen and oxygen atoms in total. The molecule has 0 rings (SSSR count).